The van der Waals surface area contributed by atoms with Crippen molar-refractivity contribution in [3.8, 4) is 0 Å². The molecule has 1 aliphatic rings. The topological polar surface area (TPSA) is 46.2 Å². The summed E-state index contributed by atoms with van der Waals surface area (Å²) in [4.78, 5) is 23.3. The molecule has 0 aromatic heterocycles. The summed E-state index contributed by atoms with van der Waals surface area (Å²) in [6.07, 6.45) is 0. The molecule has 1 aliphatic heterocycles. The van der Waals surface area contributed by atoms with E-state index in [2.05, 4.69) is 5.32 Å². The molecule has 17 heavy (non-hydrogen) atoms. The molecule has 0 saturated heterocycles. The van der Waals surface area contributed by atoms with Crippen LogP contribution in [-0.2, 0) is 4.79 Å². The maximum atomic E-state index is 11.7. The summed E-state index contributed by atoms with van der Waals surface area (Å²) < 4.78 is 0. The molecule has 2 atom stereocenters. The predicted octanol–water partition coefficient (Wildman–Crippen LogP) is 2.99. The molecule has 0 radical (unpaired) electrons. The van der Waals surface area contributed by atoms with E-state index in [4.69, 9.17) is 0 Å². The third-order valence-electron chi connectivity index (χ3n) is 2.78. The quantitative estimate of drug-likeness (QED) is 0.816. The van der Waals surface area contributed by atoms with Crippen molar-refractivity contribution >= 4 is 20.0 Å². The molecule has 0 aliphatic carbocycles. The first kappa shape index (κ1) is 12.0. The van der Waals surface area contributed by atoms with Crippen LogP contribution >= 0.6 is 8.58 Å². The minimum absolute atomic E-state index is 0.00125. The minimum atomic E-state index is -0.0811. The monoisotopic (exact) mass is 247 g/mol. The second kappa shape index (κ2) is 4.80. The van der Waals surface area contributed by atoms with E-state index in [1.807, 2.05) is 30.3 Å². The Labute approximate surface area is 102 Å². The molecule has 2 unspecified atom stereocenters. The van der Waals surface area contributed by atoms with Gasteiger partial charge >= 0.3 is 0 Å². The third kappa shape index (κ3) is 2.45. The summed E-state index contributed by atoms with van der Waals surface area (Å²) in [5.41, 5.74) is 2.37. The van der Waals surface area contributed by atoms with Crippen molar-refractivity contribution in [2.24, 2.45) is 0 Å². The van der Waals surface area contributed by atoms with E-state index >= 15 is 0 Å². The number of ketones is 1. The maximum absolute atomic E-state index is 11.7. The second-order valence-electron chi connectivity index (χ2n) is 4.04. The highest BCUT2D eigenvalue weighted by molar-refractivity contribution is 7.58. The molecule has 0 spiro atoms. The van der Waals surface area contributed by atoms with Crippen LogP contribution in [0.1, 0.15) is 25.1 Å². The van der Waals surface area contributed by atoms with E-state index in [-0.39, 0.29) is 25.7 Å². The fourth-order valence-electron chi connectivity index (χ4n) is 2.06. The molecule has 1 aromatic rings. The Hall–Kier alpha value is -1.47. The SMILES string of the molecule is CC(=O)C1=C(C)NC(=O)PC1c1ccccc1. The molecule has 0 fully saturated rings. The van der Waals surface area contributed by atoms with Crippen LogP contribution < -0.4 is 5.32 Å². The molecule has 1 N–H and O–H groups in total. The van der Waals surface area contributed by atoms with Crippen LogP contribution in [0.4, 0.5) is 4.79 Å². The van der Waals surface area contributed by atoms with Crippen LogP contribution in [0.3, 0.4) is 0 Å². The van der Waals surface area contributed by atoms with Gasteiger partial charge in [0, 0.05) is 16.9 Å². The third-order valence-corrected chi connectivity index (χ3v) is 4.08. The molecular formula is C13H14NO2P. The summed E-state index contributed by atoms with van der Waals surface area (Å²) in [6, 6.07) is 9.72. The summed E-state index contributed by atoms with van der Waals surface area (Å²) in [5.74, 6) is 0.0313. The molecule has 1 amide bonds. The highest BCUT2D eigenvalue weighted by Gasteiger charge is 2.29. The smallest absolute Gasteiger partial charge is 0.242 e. The van der Waals surface area contributed by atoms with Crippen molar-refractivity contribution in [1.29, 1.82) is 0 Å². The average molecular weight is 247 g/mol. The molecular weight excluding hydrogens is 233 g/mol. The van der Waals surface area contributed by atoms with Gasteiger partial charge in [0.15, 0.2) is 5.78 Å². The van der Waals surface area contributed by atoms with Gasteiger partial charge in [-0.3, -0.25) is 9.59 Å². The van der Waals surface area contributed by atoms with E-state index < -0.39 is 0 Å². The second-order valence-corrected chi connectivity index (χ2v) is 5.36. The highest BCUT2D eigenvalue weighted by atomic mass is 31.1. The van der Waals surface area contributed by atoms with E-state index in [0.717, 1.165) is 11.1 Å². The van der Waals surface area contributed by atoms with Crippen molar-refractivity contribution in [2.45, 2.75) is 19.5 Å². The van der Waals surface area contributed by atoms with Gasteiger partial charge in [-0.05, 0) is 28.0 Å². The summed E-state index contributed by atoms with van der Waals surface area (Å²) in [6.45, 7) is 3.34. The summed E-state index contributed by atoms with van der Waals surface area (Å²) in [5, 5.41) is 2.74. The van der Waals surface area contributed by atoms with Crippen LogP contribution in [0.15, 0.2) is 41.6 Å². The lowest BCUT2D eigenvalue weighted by molar-refractivity contribution is -0.113. The van der Waals surface area contributed by atoms with E-state index in [1.165, 1.54) is 0 Å². The minimum Gasteiger partial charge on any atom is -0.326 e. The van der Waals surface area contributed by atoms with Crippen LogP contribution in [0, 0.1) is 0 Å². The van der Waals surface area contributed by atoms with Gasteiger partial charge in [-0.1, -0.05) is 30.3 Å². The van der Waals surface area contributed by atoms with Crippen LogP contribution in [0.2, 0.25) is 0 Å². The number of carbonyl (C=O) groups excluding carboxylic acids is 2. The molecule has 3 nitrogen and oxygen atoms in total. The number of benzene rings is 1. The maximum Gasteiger partial charge on any atom is 0.242 e. The number of allylic oxidation sites excluding steroid dienone is 2. The Bertz CT molecular complexity index is 493. The highest BCUT2D eigenvalue weighted by Crippen LogP contribution is 2.44. The number of carbonyl (C=O) groups is 2. The van der Waals surface area contributed by atoms with Crippen molar-refractivity contribution in [3.05, 3.63) is 47.2 Å². The van der Waals surface area contributed by atoms with Crippen molar-refractivity contribution in [1.82, 2.24) is 5.32 Å². The van der Waals surface area contributed by atoms with E-state index in [1.54, 1.807) is 13.8 Å². The predicted molar refractivity (Wildman–Crippen MR) is 69.4 cm³/mol. The Morgan fingerprint density at radius 2 is 1.94 bits per heavy atom. The Kier molecular flexibility index (Phi) is 3.39. The number of rotatable bonds is 2. The molecule has 2 rings (SSSR count). The first-order valence-corrected chi connectivity index (χ1v) is 6.51. The van der Waals surface area contributed by atoms with Crippen LogP contribution in [0.5, 0.6) is 0 Å². The zero-order chi connectivity index (χ0) is 12.4. The van der Waals surface area contributed by atoms with Crippen LogP contribution in [-0.4, -0.2) is 11.4 Å². The van der Waals surface area contributed by atoms with Gasteiger partial charge in [0.1, 0.15) is 0 Å². The van der Waals surface area contributed by atoms with Crippen molar-refractivity contribution in [3.63, 3.8) is 0 Å². The number of amides is 1. The van der Waals surface area contributed by atoms with Crippen LogP contribution in [0.25, 0.3) is 0 Å². The standard InChI is InChI=1S/C13H14NO2P/c1-8-11(9(2)15)12(17-13(16)14-8)10-6-4-3-5-7-10/h3-7,12,17H,1-2H3,(H,14,16). The first-order chi connectivity index (χ1) is 8.09. The normalized spacial score (nSPS) is 21.5. The van der Waals surface area contributed by atoms with Gasteiger partial charge < -0.3 is 5.32 Å². The summed E-state index contributed by atoms with van der Waals surface area (Å²) >= 11 is 0. The first-order valence-electron chi connectivity index (χ1n) is 5.43. The average Bonchev–Trinajstić information content (AvgIpc) is 2.28. The fourth-order valence-corrected chi connectivity index (χ4v) is 3.50. The van der Waals surface area contributed by atoms with Gasteiger partial charge in [-0.2, -0.15) is 0 Å². The lowest BCUT2D eigenvalue weighted by Gasteiger charge is -2.26. The molecule has 0 bridgehead atoms. The van der Waals surface area contributed by atoms with Crippen molar-refractivity contribution in [2.75, 3.05) is 0 Å². The molecule has 1 aromatic carbocycles. The Morgan fingerprint density at radius 1 is 1.29 bits per heavy atom. The largest absolute Gasteiger partial charge is 0.326 e. The van der Waals surface area contributed by atoms with Gasteiger partial charge in [0.25, 0.3) is 0 Å². The van der Waals surface area contributed by atoms with Crippen molar-refractivity contribution < 1.29 is 9.59 Å². The molecule has 88 valence electrons. The van der Waals surface area contributed by atoms with Gasteiger partial charge in [-0.15, -0.1) is 0 Å². The molecule has 1 heterocycles. The fraction of sp³-hybridized carbons (Fsp3) is 0.231. The number of Topliss-reactive ketones (excluding diaryl/α,β-unsaturated/α-hetero) is 1. The Morgan fingerprint density at radius 3 is 2.53 bits per heavy atom. The lowest BCUT2D eigenvalue weighted by Crippen LogP contribution is -2.26. The summed E-state index contributed by atoms with van der Waals surface area (Å²) in [7, 11) is 0.0744. The zero-order valence-electron chi connectivity index (χ0n) is 9.78. The number of nitrogens with one attached hydrogen (secondary N) is 1. The van der Waals surface area contributed by atoms with Gasteiger partial charge in [0.05, 0.1) is 0 Å². The molecule has 0 saturated carbocycles. The Balaban J connectivity index is 2.47. The lowest BCUT2D eigenvalue weighted by atomic mass is 9.99. The van der Waals surface area contributed by atoms with E-state index in [0.29, 0.717) is 5.70 Å². The van der Waals surface area contributed by atoms with Gasteiger partial charge in [-0.25, -0.2) is 0 Å². The molecule has 4 heteroatoms. The van der Waals surface area contributed by atoms with Gasteiger partial charge in [0.2, 0.25) is 5.65 Å². The number of hydrogen-bond acceptors (Lipinski definition) is 2. The number of hydrogen-bond donors (Lipinski definition) is 1. The zero-order valence-corrected chi connectivity index (χ0v) is 10.8. The van der Waals surface area contributed by atoms with E-state index in [9.17, 15) is 9.59 Å².